The predicted octanol–water partition coefficient (Wildman–Crippen LogP) is 3.25. The molecule has 0 atom stereocenters. The molecule has 0 bridgehead atoms. The zero-order valence-corrected chi connectivity index (χ0v) is 12.1. The normalized spacial score (nSPS) is 13.6. The van der Waals surface area contributed by atoms with Crippen molar-refractivity contribution in [2.75, 3.05) is 5.32 Å². The molecule has 0 radical (unpaired) electrons. The lowest BCUT2D eigenvalue weighted by atomic mass is 9.97. The molecule has 112 valence electrons. The number of hydrogen-bond donors (Lipinski definition) is 1. The first kappa shape index (κ1) is 14.3. The predicted molar refractivity (Wildman–Crippen MR) is 80.4 cm³/mol. The summed E-state index contributed by atoms with van der Waals surface area (Å²) >= 11 is 0. The quantitative estimate of drug-likeness (QED) is 0.882. The van der Waals surface area contributed by atoms with E-state index in [9.17, 15) is 14.4 Å². The highest BCUT2D eigenvalue weighted by atomic mass is 16.4. The number of Topliss-reactive ketones (excluding diaryl/α,β-unsaturated/α-hetero) is 2. The average molecular weight is 297 g/mol. The van der Waals surface area contributed by atoms with Gasteiger partial charge in [-0.05, 0) is 37.6 Å². The number of carbonyl (C=O) groups excluding carboxylic acids is 3. The molecule has 0 spiro atoms. The first-order valence-corrected chi connectivity index (χ1v) is 7.13. The van der Waals surface area contributed by atoms with Crippen molar-refractivity contribution in [1.29, 1.82) is 0 Å². The summed E-state index contributed by atoms with van der Waals surface area (Å²) in [6.07, 6.45) is 1.94. The Hall–Kier alpha value is -2.69. The van der Waals surface area contributed by atoms with E-state index in [-0.39, 0.29) is 17.3 Å². The largest absolute Gasteiger partial charge is 0.455 e. The van der Waals surface area contributed by atoms with Gasteiger partial charge in [0.1, 0.15) is 5.76 Å². The van der Waals surface area contributed by atoms with Crippen LogP contribution < -0.4 is 5.32 Å². The molecule has 1 aromatic carbocycles. The molecule has 2 aromatic rings. The molecule has 0 unspecified atom stereocenters. The van der Waals surface area contributed by atoms with Gasteiger partial charge in [-0.2, -0.15) is 0 Å². The Morgan fingerprint density at radius 1 is 1.14 bits per heavy atom. The molecule has 5 heteroatoms. The van der Waals surface area contributed by atoms with Gasteiger partial charge >= 0.3 is 0 Å². The Labute approximate surface area is 127 Å². The van der Waals surface area contributed by atoms with Crippen LogP contribution in [0.4, 0.5) is 5.69 Å². The summed E-state index contributed by atoms with van der Waals surface area (Å²) in [6, 6.07) is 8.12. The molecule has 0 saturated heterocycles. The highest BCUT2D eigenvalue weighted by molar-refractivity contribution is 6.05. The van der Waals surface area contributed by atoms with Gasteiger partial charge in [0.15, 0.2) is 17.3 Å². The molecule has 3 rings (SSSR count). The number of fused-ring (bicyclic) bond motifs is 1. The van der Waals surface area contributed by atoms with Crippen molar-refractivity contribution in [2.45, 2.75) is 26.2 Å². The Morgan fingerprint density at radius 3 is 2.50 bits per heavy atom. The third-order valence-corrected chi connectivity index (χ3v) is 3.69. The summed E-state index contributed by atoms with van der Waals surface area (Å²) in [5.41, 5.74) is 1.66. The maximum absolute atomic E-state index is 12.2. The molecular formula is C17H15NO4. The molecular weight excluding hydrogens is 282 g/mol. The first-order chi connectivity index (χ1) is 10.5. The zero-order valence-electron chi connectivity index (χ0n) is 12.1. The van der Waals surface area contributed by atoms with Crippen LogP contribution in [0, 0.1) is 0 Å². The smallest absolute Gasteiger partial charge is 0.291 e. The summed E-state index contributed by atoms with van der Waals surface area (Å²) in [5.74, 6) is 0.312. The number of nitrogens with one attached hydrogen (secondary N) is 1. The number of benzene rings is 1. The second-order valence-corrected chi connectivity index (χ2v) is 5.31. The van der Waals surface area contributed by atoms with Gasteiger partial charge in [-0.25, -0.2) is 0 Å². The van der Waals surface area contributed by atoms with Gasteiger partial charge in [-0.1, -0.05) is 0 Å². The lowest BCUT2D eigenvalue weighted by molar-refractivity contribution is 0.0962. The van der Waals surface area contributed by atoms with E-state index in [4.69, 9.17) is 4.42 Å². The Morgan fingerprint density at radius 2 is 1.86 bits per heavy atom. The summed E-state index contributed by atoms with van der Waals surface area (Å²) in [6.45, 7) is 1.48. The Balaban J connectivity index is 1.77. The summed E-state index contributed by atoms with van der Waals surface area (Å²) < 4.78 is 5.49. The molecule has 1 N–H and O–H groups in total. The van der Waals surface area contributed by atoms with E-state index >= 15 is 0 Å². The lowest BCUT2D eigenvalue weighted by Crippen LogP contribution is -2.11. The Kier molecular flexibility index (Phi) is 3.63. The van der Waals surface area contributed by atoms with Crippen LogP contribution in [0.5, 0.6) is 0 Å². The van der Waals surface area contributed by atoms with Crippen molar-refractivity contribution in [1.82, 2.24) is 0 Å². The second-order valence-electron chi connectivity index (χ2n) is 5.31. The van der Waals surface area contributed by atoms with Crippen LogP contribution in [-0.2, 0) is 6.42 Å². The lowest BCUT2D eigenvalue weighted by Gasteiger charge is -2.06. The number of aryl methyl sites for hydroxylation is 1. The Bertz CT molecular complexity index is 755. The van der Waals surface area contributed by atoms with Crippen molar-refractivity contribution < 1.29 is 18.8 Å². The fourth-order valence-electron chi connectivity index (χ4n) is 2.49. The number of hydrogen-bond acceptors (Lipinski definition) is 4. The molecule has 22 heavy (non-hydrogen) atoms. The SMILES string of the molecule is CC(=O)c1ccc(NC(=O)c2cc3c(o2)CCCC3=O)cc1. The summed E-state index contributed by atoms with van der Waals surface area (Å²) in [7, 11) is 0. The standard InChI is InChI=1S/C17H15NO4/c1-10(19)11-5-7-12(8-6-11)18-17(21)16-9-13-14(20)3-2-4-15(13)22-16/h5-9H,2-4H2,1H3,(H,18,21). The highest BCUT2D eigenvalue weighted by Crippen LogP contribution is 2.25. The summed E-state index contributed by atoms with van der Waals surface area (Å²) in [5, 5.41) is 2.69. The fraction of sp³-hybridized carbons (Fsp3) is 0.235. The van der Waals surface area contributed by atoms with Gasteiger partial charge in [0.25, 0.3) is 5.91 Å². The van der Waals surface area contributed by atoms with E-state index in [1.54, 1.807) is 24.3 Å². The van der Waals surface area contributed by atoms with E-state index in [1.807, 2.05) is 0 Å². The van der Waals surface area contributed by atoms with Crippen LogP contribution in [-0.4, -0.2) is 17.5 Å². The van der Waals surface area contributed by atoms with Gasteiger partial charge in [-0.15, -0.1) is 0 Å². The van der Waals surface area contributed by atoms with Crippen LogP contribution in [0.1, 0.15) is 56.8 Å². The number of carbonyl (C=O) groups is 3. The molecule has 1 amide bonds. The van der Waals surface area contributed by atoms with Crippen molar-refractivity contribution in [2.24, 2.45) is 0 Å². The number of ketones is 2. The van der Waals surface area contributed by atoms with Gasteiger partial charge in [0, 0.05) is 30.2 Å². The van der Waals surface area contributed by atoms with Crippen LogP contribution in [0.25, 0.3) is 0 Å². The minimum Gasteiger partial charge on any atom is -0.455 e. The van der Waals surface area contributed by atoms with Crippen molar-refractivity contribution >= 4 is 23.2 Å². The second kappa shape index (κ2) is 5.60. The molecule has 0 fully saturated rings. The van der Waals surface area contributed by atoms with E-state index in [0.29, 0.717) is 35.4 Å². The van der Waals surface area contributed by atoms with Crippen molar-refractivity contribution in [3.05, 3.63) is 53.0 Å². The molecule has 1 aliphatic carbocycles. The van der Waals surface area contributed by atoms with E-state index < -0.39 is 5.91 Å². The molecule has 1 heterocycles. The molecule has 0 saturated carbocycles. The first-order valence-electron chi connectivity index (χ1n) is 7.13. The maximum Gasteiger partial charge on any atom is 0.291 e. The number of furan rings is 1. The van der Waals surface area contributed by atoms with Gasteiger partial charge in [0.2, 0.25) is 0 Å². The average Bonchev–Trinajstić information content (AvgIpc) is 2.93. The number of rotatable bonds is 3. The van der Waals surface area contributed by atoms with Gasteiger partial charge in [0.05, 0.1) is 5.56 Å². The molecule has 1 aliphatic rings. The third-order valence-electron chi connectivity index (χ3n) is 3.69. The number of amides is 1. The van der Waals surface area contributed by atoms with E-state index in [2.05, 4.69) is 5.32 Å². The number of anilines is 1. The minimum absolute atomic E-state index is 0.0230. The third kappa shape index (κ3) is 2.70. The van der Waals surface area contributed by atoms with E-state index in [0.717, 1.165) is 6.42 Å². The van der Waals surface area contributed by atoms with Crippen LogP contribution >= 0.6 is 0 Å². The molecule has 0 aliphatic heterocycles. The van der Waals surface area contributed by atoms with Gasteiger partial charge < -0.3 is 9.73 Å². The summed E-state index contributed by atoms with van der Waals surface area (Å²) in [4.78, 5) is 35.1. The zero-order chi connectivity index (χ0) is 15.7. The minimum atomic E-state index is -0.405. The van der Waals surface area contributed by atoms with Crippen LogP contribution in [0.15, 0.2) is 34.7 Å². The van der Waals surface area contributed by atoms with Crippen molar-refractivity contribution in [3.8, 4) is 0 Å². The van der Waals surface area contributed by atoms with Crippen LogP contribution in [0.3, 0.4) is 0 Å². The van der Waals surface area contributed by atoms with E-state index in [1.165, 1.54) is 13.0 Å². The molecule has 1 aromatic heterocycles. The van der Waals surface area contributed by atoms with Crippen LogP contribution in [0.2, 0.25) is 0 Å². The van der Waals surface area contributed by atoms with Gasteiger partial charge in [-0.3, -0.25) is 14.4 Å². The van der Waals surface area contributed by atoms with Crippen molar-refractivity contribution in [3.63, 3.8) is 0 Å². The molecule has 5 nitrogen and oxygen atoms in total. The monoisotopic (exact) mass is 297 g/mol. The maximum atomic E-state index is 12.2. The topological polar surface area (TPSA) is 76.4 Å². The fourth-order valence-corrected chi connectivity index (χ4v) is 2.49. The highest BCUT2D eigenvalue weighted by Gasteiger charge is 2.24.